The topological polar surface area (TPSA) is 333 Å². The van der Waals surface area contributed by atoms with Crippen LogP contribution in [0.5, 0.6) is 0 Å². The first-order chi connectivity index (χ1) is 50.4. The van der Waals surface area contributed by atoms with Gasteiger partial charge < -0.3 is 60.1 Å². The maximum atomic E-state index is 15.5. The van der Waals surface area contributed by atoms with Gasteiger partial charge in [-0.15, -0.1) is 5.10 Å². The van der Waals surface area contributed by atoms with E-state index in [1.165, 1.54) is 104 Å². The number of ether oxygens (including phenoxy) is 2. The number of rotatable bonds is 25. The lowest BCUT2D eigenvalue weighted by atomic mass is 9.88. The van der Waals surface area contributed by atoms with Crippen molar-refractivity contribution in [2.24, 2.45) is 35.5 Å². The number of nitrogens with zero attached hydrogens (tertiary/aromatic N) is 12. The fourth-order valence-corrected chi connectivity index (χ4v) is 14.9. The fraction of sp³-hybridized carbons (Fsp3) is 0.763. The second-order valence-corrected chi connectivity index (χ2v) is 32.5. The van der Waals surface area contributed by atoms with Gasteiger partial charge >= 0.3 is 0 Å². The van der Waals surface area contributed by atoms with Crippen molar-refractivity contribution >= 4 is 76.7 Å². The molecule has 0 unspecified atom stereocenters. The molecular weight excluding hydrogens is 1390 g/mol. The van der Waals surface area contributed by atoms with Crippen LogP contribution >= 0.6 is 11.8 Å². The van der Waals surface area contributed by atoms with E-state index < -0.39 is 155 Å². The van der Waals surface area contributed by atoms with E-state index in [0.717, 1.165) is 61.8 Å². The monoisotopic (exact) mass is 1520 g/mol. The predicted molar refractivity (Wildman–Crippen MR) is 407 cm³/mol. The molecule has 602 valence electrons. The number of carbonyl (C=O) groups is 11. The van der Waals surface area contributed by atoms with Crippen LogP contribution in [-0.4, -0.2) is 291 Å². The third kappa shape index (κ3) is 24.6. The van der Waals surface area contributed by atoms with Crippen molar-refractivity contribution in [3.63, 3.8) is 0 Å². The molecule has 11 amide bonds. The average Bonchev–Trinajstić information content (AvgIpc) is 0.929. The van der Waals surface area contributed by atoms with E-state index in [-0.39, 0.29) is 56.0 Å². The molecule has 1 aromatic heterocycles. The molecule has 0 saturated carbocycles. The highest BCUT2D eigenvalue weighted by atomic mass is 32.2. The number of aromatic nitrogens is 4. The molecule has 4 heterocycles. The van der Waals surface area contributed by atoms with Gasteiger partial charge in [0.1, 0.15) is 66.5 Å². The third-order valence-corrected chi connectivity index (χ3v) is 21.7. The minimum Gasteiger partial charge on any atom is -0.379 e. The molecule has 0 spiro atoms. The van der Waals surface area contributed by atoms with Crippen molar-refractivity contribution in [1.29, 1.82) is 0 Å². The largest absolute Gasteiger partial charge is 0.379 e. The summed E-state index contributed by atoms with van der Waals surface area (Å²) in [7, 11) is 8.69. The van der Waals surface area contributed by atoms with Crippen LogP contribution in [-0.2, 0) is 67.1 Å². The molecule has 5 rings (SSSR count). The smallest absolute Gasteiger partial charge is 0.270 e. The van der Waals surface area contributed by atoms with Gasteiger partial charge in [0.05, 0.1) is 25.0 Å². The molecule has 30 nitrogen and oxygen atoms in total. The van der Waals surface area contributed by atoms with E-state index >= 15 is 33.6 Å². The number of hydrogen-bond acceptors (Lipinski definition) is 19. The molecule has 3 aliphatic heterocycles. The van der Waals surface area contributed by atoms with E-state index in [9.17, 15) is 19.2 Å². The van der Waals surface area contributed by atoms with E-state index in [1.807, 2.05) is 78.8 Å². The Morgan fingerprint density at radius 3 is 1.68 bits per heavy atom. The number of morpholine rings is 1. The number of carbonyl (C=O) groups excluding carboxylic acids is 11. The fourth-order valence-electron chi connectivity index (χ4n) is 14.0. The van der Waals surface area contributed by atoms with Gasteiger partial charge in [-0.2, -0.15) is 4.68 Å². The molecule has 0 radical (unpaired) electrons. The molecule has 0 bridgehead atoms. The standard InChI is InChI=1S/C76H128N16O14S/c1-23-56-71(99)84(17)53(15)70(98)89(22)62(54(16)105-38-30-29-35-90-36-39-104-40-37-90)67(95)80-60(48(8)9)74(102)85(18)57(42-45(2)3)66(94)77-51(13)65(93)78-52(14)69(97)86(19)58(43-46(4)5)72(100)87(20)59(44-47(6)7)73(101)88(21)61(49(10)11)75(103)92-63(68(96)79-56)64(106-92)50(12)32-26-25-31-41-107-76-81-82-83-91(76)55-33-27-24-28-34-55/h24,27-28,33-34,45-54,56-64H,23,25-26,29-32,35-44H2,1-22H3,(H,77,94)(H,78,93)(H,79,96)(H,80,95)/t50-,51+,52-,53-,54-,56+,57+,58+,59+,60+,61+,62+,63+,64-/m1/s1. The number of unbranched alkanes of at least 4 members (excludes halogenated alkanes) is 3. The van der Waals surface area contributed by atoms with Gasteiger partial charge in [-0.05, 0) is 144 Å². The Morgan fingerprint density at radius 1 is 0.542 bits per heavy atom. The molecular formula is C76H128N16O14S. The summed E-state index contributed by atoms with van der Waals surface area (Å²) < 4.78 is 13.6. The zero-order valence-corrected chi connectivity index (χ0v) is 68.7. The van der Waals surface area contributed by atoms with Crippen LogP contribution in [0.3, 0.4) is 0 Å². The maximum Gasteiger partial charge on any atom is 0.270 e. The summed E-state index contributed by atoms with van der Waals surface area (Å²) in [6, 6.07) is -4.18. The minimum atomic E-state index is -1.40. The lowest BCUT2D eigenvalue weighted by Gasteiger charge is -2.50. The van der Waals surface area contributed by atoms with Gasteiger partial charge in [-0.3, -0.25) is 62.5 Å². The predicted octanol–water partition coefficient (Wildman–Crippen LogP) is 4.81. The molecule has 107 heavy (non-hydrogen) atoms. The molecule has 14 atom stereocenters. The van der Waals surface area contributed by atoms with E-state index in [2.05, 4.69) is 41.7 Å². The Hall–Kier alpha value is -7.35. The van der Waals surface area contributed by atoms with Gasteiger partial charge in [0.25, 0.3) is 5.91 Å². The molecule has 3 saturated heterocycles. The van der Waals surface area contributed by atoms with Crippen LogP contribution < -0.4 is 21.3 Å². The Kier molecular flexibility index (Phi) is 35.9. The first kappa shape index (κ1) is 90.3. The van der Waals surface area contributed by atoms with Gasteiger partial charge in [-0.1, -0.05) is 126 Å². The number of hydroxylamine groups is 2. The van der Waals surface area contributed by atoms with Crippen molar-refractivity contribution in [1.82, 2.24) is 80.8 Å². The number of hydrogen-bond donors (Lipinski definition) is 4. The number of benzene rings is 1. The van der Waals surface area contributed by atoms with Gasteiger partial charge in [0.15, 0.2) is 6.04 Å². The van der Waals surface area contributed by atoms with Crippen molar-refractivity contribution in [2.45, 2.75) is 259 Å². The summed E-state index contributed by atoms with van der Waals surface area (Å²) in [6.45, 7) is 31.8. The highest BCUT2D eigenvalue weighted by Gasteiger charge is 2.55. The Labute approximate surface area is 639 Å². The molecule has 4 N–H and O–H groups in total. The SMILES string of the molecule is CC[C@@H]1NC(=O)[C@@H]2[C@@H]([C@H](C)CCCCCSc3nnnn3-c3ccccc3)ON2C(=O)[C@H](C(C)C)N(C)C(=O)[C@H](CC(C)C)N(C)C(=O)[C@H](CC(C)C)N(C)C(=O)[C@@H](C)NC(=O)[C@H](C)NC(=O)[C@H](CC(C)C)N(C)C(=O)[C@H](C(C)C)NC(=O)[C@H]([C@@H](C)OCCCCN2CCOCC2)N(C)C(=O)[C@@H](C)N(C)C1=O. The van der Waals surface area contributed by atoms with Crippen molar-refractivity contribution in [3.8, 4) is 5.69 Å². The highest BCUT2D eigenvalue weighted by molar-refractivity contribution is 7.99. The first-order valence-electron chi connectivity index (χ1n) is 38.6. The second-order valence-electron chi connectivity index (χ2n) is 31.4. The maximum absolute atomic E-state index is 15.5. The Balaban J connectivity index is 1.57. The summed E-state index contributed by atoms with van der Waals surface area (Å²) in [5.74, 6) is -8.71. The molecule has 2 aromatic rings. The van der Waals surface area contributed by atoms with Crippen LogP contribution in [0, 0.1) is 35.5 Å². The van der Waals surface area contributed by atoms with Crippen molar-refractivity contribution in [3.05, 3.63) is 30.3 Å². The number of nitrogens with one attached hydrogen (secondary N) is 4. The lowest BCUT2D eigenvalue weighted by molar-refractivity contribution is -0.322. The zero-order chi connectivity index (χ0) is 80.0. The molecule has 31 heteroatoms. The number of thioether (sulfide) groups is 1. The normalized spacial score (nSPS) is 26.5. The zero-order valence-electron chi connectivity index (χ0n) is 67.9. The highest BCUT2D eigenvalue weighted by Crippen LogP contribution is 2.35. The van der Waals surface area contributed by atoms with Crippen molar-refractivity contribution < 1.29 is 67.1 Å². The quantitative estimate of drug-likeness (QED) is 0.0765. The Bertz CT molecular complexity index is 3260. The Morgan fingerprint density at radius 2 is 1.10 bits per heavy atom. The third-order valence-electron chi connectivity index (χ3n) is 20.7. The molecule has 0 aliphatic carbocycles. The van der Waals surface area contributed by atoms with Crippen LogP contribution in [0.4, 0.5) is 0 Å². The summed E-state index contributed by atoms with van der Waals surface area (Å²) in [5.41, 5.74) is 0.836. The number of fused-ring (bicyclic) bond motifs is 1. The van der Waals surface area contributed by atoms with Gasteiger partial charge in [-0.25, -0.2) is 5.06 Å². The van der Waals surface area contributed by atoms with Crippen LogP contribution in [0.2, 0.25) is 0 Å². The summed E-state index contributed by atoms with van der Waals surface area (Å²) in [5, 5.41) is 25.2. The van der Waals surface area contributed by atoms with Crippen molar-refractivity contribution in [2.75, 3.05) is 87.5 Å². The first-order valence-corrected chi connectivity index (χ1v) is 39.6. The number of tetrazole rings is 1. The molecule has 3 fully saturated rings. The molecule has 3 aliphatic rings. The number of amides is 11. The summed E-state index contributed by atoms with van der Waals surface area (Å²) in [6.07, 6.45) is 2.88. The van der Waals surface area contributed by atoms with E-state index in [4.69, 9.17) is 14.3 Å². The lowest BCUT2D eigenvalue weighted by Crippen LogP contribution is -2.72. The van der Waals surface area contributed by atoms with Crippen LogP contribution in [0.1, 0.15) is 175 Å². The summed E-state index contributed by atoms with van der Waals surface area (Å²) >= 11 is 1.53. The second kappa shape index (κ2) is 42.6. The molecule has 1 aromatic carbocycles. The minimum absolute atomic E-state index is 0.0354. The van der Waals surface area contributed by atoms with E-state index in [1.54, 1.807) is 46.2 Å². The average molecular weight is 1520 g/mol. The van der Waals surface area contributed by atoms with Crippen LogP contribution in [0.15, 0.2) is 35.5 Å². The van der Waals surface area contributed by atoms with Gasteiger partial charge in [0.2, 0.25) is 64.2 Å². The van der Waals surface area contributed by atoms with Gasteiger partial charge in [0, 0.05) is 67.7 Å². The number of likely N-dealkylation sites (N-methyl/N-ethyl adjacent to an activating group) is 6. The van der Waals surface area contributed by atoms with Crippen LogP contribution in [0.25, 0.3) is 5.69 Å². The van der Waals surface area contributed by atoms with E-state index in [0.29, 0.717) is 31.2 Å². The number of para-hydroxylation sites is 1. The summed E-state index contributed by atoms with van der Waals surface area (Å²) in [4.78, 5) is 181.